The Morgan fingerprint density at radius 3 is 2.92 bits per heavy atom. The van der Waals surface area contributed by atoms with E-state index in [4.69, 9.17) is 0 Å². The zero-order valence-electron chi connectivity index (χ0n) is 6.55. The molecular weight excluding hydrogens is 236 g/mol. The maximum Gasteiger partial charge on any atom is 0.165 e. The Bertz CT molecular complexity index is 301. The van der Waals surface area contributed by atoms with E-state index in [0.29, 0.717) is 11.7 Å². The summed E-state index contributed by atoms with van der Waals surface area (Å²) in [6.45, 7) is 0. The first-order valence-electron chi connectivity index (χ1n) is 4.03. The van der Waals surface area contributed by atoms with Crippen molar-refractivity contribution in [1.82, 2.24) is 0 Å². The molecule has 0 aliphatic heterocycles. The van der Waals surface area contributed by atoms with E-state index in [1.807, 2.05) is 11.4 Å². The largest absolute Gasteiger partial charge is 0.294 e. The predicted molar refractivity (Wildman–Crippen MR) is 53.7 cm³/mol. The molecule has 1 saturated carbocycles. The highest BCUT2D eigenvalue weighted by Crippen LogP contribution is 2.35. The number of hydrogen-bond donors (Lipinski definition) is 0. The van der Waals surface area contributed by atoms with Crippen LogP contribution >= 0.6 is 27.3 Å². The second kappa shape index (κ2) is 3.30. The van der Waals surface area contributed by atoms with Crippen LogP contribution in [0.5, 0.6) is 0 Å². The highest BCUT2D eigenvalue weighted by molar-refractivity contribution is 9.11. The van der Waals surface area contributed by atoms with Gasteiger partial charge in [-0.05, 0) is 46.1 Å². The highest BCUT2D eigenvalue weighted by atomic mass is 79.9. The van der Waals surface area contributed by atoms with Crippen LogP contribution in [0.25, 0.3) is 0 Å². The number of Topliss-reactive ketones (excluding diaryl/α,β-unsaturated/α-hetero) is 1. The molecule has 1 aliphatic carbocycles. The van der Waals surface area contributed by atoms with Gasteiger partial charge in [0.2, 0.25) is 0 Å². The number of hydrogen-bond acceptors (Lipinski definition) is 2. The minimum atomic E-state index is 0.297. The zero-order valence-corrected chi connectivity index (χ0v) is 8.95. The molecule has 1 heterocycles. The van der Waals surface area contributed by atoms with Gasteiger partial charge in [-0.25, -0.2) is 0 Å². The van der Waals surface area contributed by atoms with Gasteiger partial charge in [-0.15, -0.1) is 11.3 Å². The molecule has 0 N–H and O–H groups in total. The van der Waals surface area contributed by atoms with Crippen LogP contribution in [0.4, 0.5) is 0 Å². The molecule has 0 spiro atoms. The number of thiophene rings is 1. The van der Waals surface area contributed by atoms with Gasteiger partial charge in [-0.1, -0.05) is 0 Å². The summed E-state index contributed by atoms with van der Waals surface area (Å²) in [7, 11) is 0. The van der Waals surface area contributed by atoms with Crippen molar-refractivity contribution in [3.8, 4) is 0 Å². The van der Waals surface area contributed by atoms with Crippen molar-refractivity contribution >= 4 is 33.0 Å². The van der Waals surface area contributed by atoms with Crippen molar-refractivity contribution < 1.29 is 4.79 Å². The third-order valence-corrected chi connectivity index (χ3v) is 3.78. The normalized spacial score (nSPS) is 16.4. The van der Waals surface area contributed by atoms with Gasteiger partial charge in [-0.2, -0.15) is 0 Å². The van der Waals surface area contributed by atoms with Crippen LogP contribution in [0.15, 0.2) is 15.2 Å². The summed E-state index contributed by atoms with van der Waals surface area (Å²) >= 11 is 4.95. The fraction of sp³-hybridized carbons (Fsp3) is 0.444. The van der Waals surface area contributed by atoms with Crippen molar-refractivity contribution in [2.45, 2.75) is 19.3 Å². The van der Waals surface area contributed by atoms with Crippen LogP contribution in [0.1, 0.15) is 29.6 Å². The average molecular weight is 245 g/mol. The smallest absolute Gasteiger partial charge is 0.165 e. The van der Waals surface area contributed by atoms with E-state index >= 15 is 0 Å². The lowest BCUT2D eigenvalue weighted by molar-refractivity contribution is 0.0976. The lowest BCUT2D eigenvalue weighted by Gasteiger charge is -1.95. The molecule has 12 heavy (non-hydrogen) atoms. The van der Waals surface area contributed by atoms with Gasteiger partial charge in [0, 0.05) is 12.0 Å². The van der Waals surface area contributed by atoms with E-state index in [2.05, 4.69) is 15.9 Å². The second-order valence-electron chi connectivity index (χ2n) is 3.18. The van der Waals surface area contributed by atoms with Gasteiger partial charge >= 0.3 is 0 Å². The summed E-state index contributed by atoms with van der Waals surface area (Å²) in [6, 6.07) is 1.90. The lowest BCUT2D eigenvalue weighted by atomic mass is 10.1. The van der Waals surface area contributed by atoms with Crippen molar-refractivity contribution in [3.05, 3.63) is 20.8 Å². The van der Waals surface area contributed by atoms with Gasteiger partial charge in [0.25, 0.3) is 0 Å². The Morgan fingerprint density at radius 2 is 2.42 bits per heavy atom. The predicted octanol–water partition coefficient (Wildman–Crippen LogP) is 3.49. The molecule has 1 aromatic heterocycles. The summed E-state index contributed by atoms with van der Waals surface area (Å²) in [5.74, 6) is 0.981. The Hall–Kier alpha value is -0.150. The topological polar surface area (TPSA) is 17.1 Å². The second-order valence-corrected chi connectivity index (χ2v) is 5.41. The van der Waals surface area contributed by atoms with Gasteiger partial charge in [0.1, 0.15) is 0 Å². The molecule has 1 aromatic rings. The van der Waals surface area contributed by atoms with E-state index in [9.17, 15) is 4.79 Å². The molecule has 0 unspecified atom stereocenters. The molecule has 1 fully saturated rings. The Labute approximate surface area is 83.9 Å². The molecule has 0 radical (unpaired) electrons. The van der Waals surface area contributed by atoms with Crippen LogP contribution in [0.3, 0.4) is 0 Å². The van der Waals surface area contributed by atoms with Gasteiger partial charge in [-0.3, -0.25) is 4.79 Å². The minimum absolute atomic E-state index is 0.297. The monoisotopic (exact) mass is 244 g/mol. The van der Waals surface area contributed by atoms with E-state index < -0.39 is 0 Å². The third-order valence-electron chi connectivity index (χ3n) is 2.09. The van der Waals surface area contributed by atoms with E-state index in [1.54, 1.807) is 11.3 Å². The number of carbonyl (C=O) groups is 1. The summed E-state index contributed by atoms with van der Waals surface area (Å²) in [6.07, 6.45) is 3.23. The van der Waals surface area contributed by atoms with Crippen LogP contribution in [0, 0.1) is 5.92 Å². The summed E-state index contributed by atoms with van der Waals surface area (Å²) in [5.41, 5.74) is 0.868. The fourth-order valence-corrected chi connectivity index (χ4v) is 2.50. The molecule has 1 nitrogen and oxygen atoms in total. The van der Waals surface area contributed by atoms with Crippen LogP contribution in [-0.4, -0.2) is 5.78 Å². The van der Waals surface area contributed by atoms with Gasteiger partial charge < -0.3 is 0 Å². The number of carbonyl (C=O) groups excluding carboxylic acids is 1. The maximum absolute atomic E-state index is 11.6. The summed E-state index contributed by atoms with van der Waals surface area (Å²) < 4.78 is 0.980. The Kier molecular flexibility index (Phi) is 2.33. The molecule has 3 heteroatoms. The first-order chi connectivity index (χ1) is 5.77. The van der Waals surface area contributed by atoms with Crippen LogP contribution in [-0.2, 0) is 0 Å². The van der Waals surface area contributed by atoms with Crippen LogP contribution in [0.2, 0.25) is 0 Å². The fourth-order valence-electron chi connectivity index (χ4n) is 1.19. The Balaban J connectivity index is 2.07. The summed E-state index contributed by atoms with van der Waals surface area (Å²) in [4.78, 5) is 11.6. The third kappa shape index (κ3) is 1.77. The molecule has 0 aromatic carbocycles. The lowest BCUT2D eigenvalue weighted by Crippen LogP contribution is -1.98. The SMILES string of the molecule is O=C(CC1CC1)c1ccsc1Br. The van der Waals surface area contributed by atoms with E-state index in [1.165, 1.54) is 12.8 Å². The number of ketones is 1. The highest BCUT2D eigenvalue weighted by Gasteiger charge is 2.25. The minimum Gasteiger partial charge on any atom is -0.294 e. The quantitative estimate of drug-likeness (QED) is 0.745. The van der Waals surface area contributed by atoms with Gasteiger partial charge in [0.15, 0.2) is 5.78 Å². The Morgan fingerprint density at radius 1 is 1.67 bits per heavy atom. The molecule has 0 saturated heterocycles. The van der Waals surface area contributed by atoms with E-state index in [-0.39, 0.29) is 0 Å². The van der Waals surface area contributed by atoms with Crippen molar-refractivity contribution in [2.24, 2.45) is 5.92 Å². The van der Waals surface area contributed by atoms with Crippen molar-refractivity contribution in [2.75, 3.05) is 0 Å². The van der Waals surface area contributed by atoms with Crippen molar-refractivity contribution in [3.63, 3.8) is 0 Å². The average Bonchev–Trinajstić information content (AvgIpc) is 2.72. The maximum atomic E-state index is 11.6. The molecule has 0 bridgehead atoms. The zero-order chi connectivity index (χ0) is 8.55. The molecular formula is C9H9BrOS. The standard InChI is InChI=1S/C9H9BrOS/c10-9-7(3-4-12-9)8(11)5-6-1-2-6/h3-4,6H,1-2,5H2. The summed E-state index contributed by atoms with van der Waals surface area (Å²) in [5, 5.41) is 1.95. The van der Waals surface area contributed by atoms with Crippen molar-refractivity contribution in [1.29, 1.82) is 0 Å². The van der Waals surface area contributed by atoms with Crippen LogP contribution < -0.4 is 0 Å². The molecule has 2 rings (SSSR count). The number of rotatable bonds is 3. The van der Waals surface area contributed by atoms with E-state index in [0.717, 1.165) is 15.8 Å². The molecule has 1 aliphatic rings. The molecule has 0 amide bonds. The first kappa shape index (κ1) is 8.45. The first-order valence-corrected chi connectivity index (χ1v) is 5.71. The molecule has 0 atom stereocenters. The van der Waals surface area contributed by atoms with Gasteiger partial charge in [0.05, 0.1) is 3.79 Å². The molecule has 64 valence electrons. The number of halogens is 1.